The second-order valence-corrected chi connectivity index (χ2v) is 13.0. The van der Waals surface area contributed by atoms with E-state index < -0.39 is 0 Å². The summed E-state index contributed by atoms with van der Waals surface area (Å²) in [6, 6.07) is 57.7. The van der Waals surface area contributed by atoms with Crippen molar-refractivity contribution in [3.05, 3.63) is 176 Å². The summed E-state index contributed by atoms with van der Waals surface area (Å²) >= 11 is 0. The molecular formula is C47H29N5O. The zero-order valence-electron chi connectivity index (χ0n) is 28.4. The van der Waals surface area contributed by atoms with E-state index in [1.807, 2.05) is 66.9 Å². The van der Waals surface area contributed by atoms with Crippen molar-refractivity contribution in [1.29, 1.82) is 0 Å². The monoisotopic (exact) mass is 679 g/mol. The first-order valence-corrected chi connectivity index (χ1v) is 17.5. The predicted octanol–water partition coefficient (Wildman–Crippen LogP) is 11.7. The van der Waals surface area contributed by atoms with Gasteiger partial charge in [0.25, 0.3) is 0 Å². The molecule has 0 saturated carbocycles. The van der Waals surface area contributed by atoms with Gasteiger partial charge in [0.05, 0.1) is 28.1 Å². The number of pyridine rings is 2. The highest BCUT2D eigenvalue weighted by molar-refractivity contribution is 6.03. The molecule has 0 aliphatic carbocycles. The second kappa shape index (κ2) is 12.8. The molecule has 0 radical (unpaired) electrons. The van der Waals surface area contributed by atoms with E-state index in [1.165, 1.54) is 5.56 Å². The van der Waals surface area contributed by atoms with E-state index in [9.17, 15) is 0 Å². The Balaban J connectivity index is 1.03. The lowest BCUT2D eigenvalue weighted by Crippen LogP contribution is -1.96. The van der Waals surface area contributed by atoms with Crippen LogP contribution < -0.4 is 0 Å². The fourth-order valence-corrected chi connectivity index (χ4v) is 6.79. The van der Waals surface area contributed by atoms with Gasteiger partial charge in [-0.2, -0.15) is 0 Å². The largest absolute Gasteiger partial charge is 0.436 e. The first-order chi connectivity index (χ1) is 26.2. The standard InChI is InChI=1S/C47H29N5O/c1-2-7-30(8-3-1)31-12-14-33(15-13-31)41-29-42(51-46(50-41)37-22-24-38(25-23-37)47-52-40-10-4-5-11-43(40)53-47)34-18-16-32(17-19-34)39-27-26-36-21-20-35-9-6-28-48-44(35)45(36)49-39/h1-29H. The normalized spacial score (nSPS) is 11.4. The van der Waals surface area contributed by atoms with Gasteiger partial charge in [-0.3, -0.25) is 4.98 Å². The van der Waals surface area contributed by atoms with Crippen LogP contribution in [0.2, 0.25) is 0 Å². The molecule has 10 aromatic rings. The lowest BCUT2D eigenvalue weighted by molar-refractivity contribution is 0.620. The molecule has 6 aromatic carbocycles. The van der Waals surface area contributed by atoms with Crippen LogP contribution in [0.25, 0.3) is 101 Å². The summed E-state index contributed by atoms with van der Waals surface area (Å²) < 4.78 is 6.03. The molecule has 6 heteroatoms. The van der Waals surface area contributed by atoms with Gasteiger partial charge in [0.15, 0.2) is 11.4 Å². The lowest BCUT2D eigenvalue weighted by atomic mass is 10.0. The Bertz CT molecular complexity index is 2890. The third-order valence-electron chi connectivity index (χ3n) is 9.61. The van der Waals surface area contributed by atoms with Crippen molar-refractivity contribution in [3.63, 3.8) is 0 Å². The quantitative estimate of drug-likeness (QED) is 0.163. The molecule has 4 aromatic heterocycles. The van der Waals surface area contributed by atoms with Crippen LogP contribution in [-0.4, -0.2) is 24.9 Å². The zero-order chi connectivity index (χ0) is 35.1. The fraction of sp³-hybridized carbons (Fsp3) is 0. The van der Waals surface area contributed by atoms with Gasteiger partial charge in [-0.25, -0.2) is 19.9 Å². The predicted molar refractivity (Wildman–Crippen MR) is 213 cm³/mol. The van der Waals surface area contributed by atoms with Gasteiger partial charge in [0, 0.05) is 44.8 Å². The van der Waals surface area contributed by atoms with Crippen molar-refractivity contribution in [1.82, 2.24) is 24.9 Å². The second-order valence-electron chi connectivity index (χ2n) is 13.0. The van der Waals surface area contributed by atoms with Gasteiger partial charge >= 0.3 is 0 Å². The first kappa shape index (κ1) is 30.5. The molecule has 0 unspecified atom stereocenters. The van der Waals surface area contributed by atoms with Gasteiger partial charge < -0.3 is 4.42 Å². The summed E-state index contributed by atoms with van der Waals surface area (Å²) in [5.41, 5.74) is 13.1. The minimum Gasteiger partial charge on any atom is -0.436 e. The lowest BCUT2D eigenvalue weighted by Gasteiger charge is -2.11. The Hall–Kier alpha value is -7.31. The van der Waals surface area contributed by atoms with E-state index in [0.717, 1.165) is 83.4 Å². The van der Waals surface area contributed by atoms with Crippen molar-refractivity contribution in [2.24, 2.45) is 0 Å². The van der Waals surface area contributed by atoms with Crippen molar-refractivity contribution in [3.8, 4) is 67.7 Å². The molecule has 0 N–H and O–H groups in total. The number of rotatable bonds is 6. The van der Waals surface area contributed by atoms with E-state index in [-0.39, 0.29) is 0 Å². The maximum Gasteiger partial charge on any atom is 0.227 e. The van der Waals surface area contributed by atoms with E-state index in [4.69, 9.17) is 19.4 Å². The molecule has 0 atom stereocenters. The molecule has 6 nitrogen and oxygen atoms in total. The highest BCUT2D eigenvalue weighted by Crippen LogP contribution is 2.33. The maximum atomic E-state index is 6.03. The highest BCUT2D eigenvalue weighted by Gasteiger charge is 2.14. The van der Waals surface area contributed by atoms with E-state index >= 15 is 0 Å². The van der Waals surface area contributed by atoms with Gasteiger partial charge in [-0.15, -0.1) is 0 Å². The summed E-state index contributed by atoms with van der Waals surface area (Å²) in [7, 11) is 0. The maximum absolute atomic E-state index is 6.03. The summed E-state index contributed by atoms with van der Waals surface area (Å²) in [5.74, 6) is 1.21. The average molecular weight is 680 g/mol. The SMILES string of the molecule is c1ccc(-c2ccc(-c3cc(-c4ccc(-c5ccc6ccc7cccnc7c6n5)cc4)nc(-c4ccc(-c5nc6ccccc6o5)cc4)n3)cc2)cc1. The van der Waals surface area contributed by atoms with Crippen LogP contribution in [0.15, 0.2) is 180 Å². The van der Waals surface area contributed by atoms with Crippen LogP contribution in [0.3, 0.4) is 0 Å². The third-order valence-corrected chi connectivity index (χ3v) is 9.61. The molecule has 53 heavy (non-hydrogen) atoms. The molecule has 0 fully saturated rings. The molecule has 10 rings (SSSR count). The van der Waals surface area contributed by atoms with Crippen molar-refractivity contribution < 1.29 is 4.42 Å². The Morgan fingerprint density at radius 2 is 0.925 bits per heavy atom. The van der Waals surface area contributed by atoms with Crippen LogP contribution in [0.4, 0.5) is 0 Å². The molecule has 0 saturated heterocycles. The number of oxazole rings is 1. The Morgan fingerprint density at radius 1 is 0.358 bits per heavy atom. The van der Waals surface area contributed by atoms with Gasteiger partial charge in [-0.1, -0.05) is 127 Å². The summed E-state index contributed by atoms with van der Waals surface area (Å²) in [6.07, 6.45) is 1.82. The molecule has 0 bridgehead atoms. The topological polar surface area (TPSA) is 77.6 Å². The Labute approximate surface area is 305 Å². The molecule has 0 aliphatic heterocycles. The van der Waals surface area contributed by atoms with Crippen molar-refractivity contribution in [2.45, 2.75) is 0 Å². The zero-order valence-corrected chi connectivity index (χ0v) is 28.4. The van der Waals surface area contributed by atoms with Crippen LogP contribution in [0, 0.1) is 0 Å². The number of nitrogens with zero attached hydrogens (tertiary/aromatic N) is 5. The first-order valence-electron chi connectivity index (χ1n) is 17.5. The highest BCUT2D eigenvalue weighted by atomic mass is 16.3. The number of hydrogen-bond acceptors (Lipinski definition) is 6. The third kappa shape index (κ3) is 5.78. The number of aromatic nitrogens is 5. The molecule has 0 amide bonds. The number of hydrogen-bond donors (Lipinski definition) is 0. The molecule has 248 valence electrons. The number of fused-ring (bicyclic) bond motifs is 4. The van der Waals surface area contributed by atoms with Gasteiger partial charge in [-0.05, 0) is 53.6 Å². The smallest absolute Gasteiger partial charge is 0.227 e. The van der Waals surface area contributed by atoms with E-state index in [0.29, 0.717) is 11.7 Å². The summed E-state index contributed by atoms with van der Waals surface area (Å²) in [6.45, 7) is 0. The molecular weight excluding hydrogens is 651 g/mol. The Kier molecular flexibility index (Phi) is 7.36. The fourth-order valence-electron chi connectivity index (χ4n) is 6.79. The van der Waals surface area contributed by atoms with E-state index in [2.05, 4.69) is 119 Å². The summed E-state index contributed by atoms with van der Waals surface area (Å²) in [4.78, 5) is 24.6. The number of para-hydroxylation sites is 2. The molecule has 4 heterocycles. The van der Waals surface area contributed by atoms with Crippen molar-refractivity contribution >= 4 is 32.9 Å². The van der Waals surface area contributed by atoms with Crippen LogP contribution in [0.5, 0.6) is 0 Å². The minimum atomic E-state index is 0.581. The molecule has 0 spiro atoms. The van der Waals surface area contributed by atoms with Gasteiger partial charge in [0.2, 0.25) is 5.89 Å². The Morgan fingerprint density at radius 3 is 1.64 bits per heavy atom. The van der Waals surface area contributed by atoms with Crippen LogP contribution >= 0.6 is 0 Å². The minimum absolute atomic E-state index is 0.581. The van der Waals surface area contributed by atoms with Crippen molar-refractivity contribution in [2.75, 3.05) is 0 Å². The van der Waals surface area contributed by atoms with E-state index in [1.54, 1.807) is 0 Å². The average Bonchev–Trinajstić information content (AvgIpc) is 3.68. The van der Waals surface area contributed by atoms with Crippen LogP contribution in [0.1, 0.15) is 0 Å². The van der Waals surface area contributed by atoms with Crippen LogP contribution in [-0.2, 0) is 0 Å². The molecule has 0 aliphatic rings. The number of benzene rings is 6. The summed E-state index contributed by atoms with van der Waals surface area (Å²) in [5, 5.41) is 2.14. The van der Waals surface area contributed by atoms with Gasteiger partial charge in [0.1, 0.15) is 5.52 Å².